The van der Waals surface area contributed by atoms with E-state index in [0.717, 1.165) is 85.1 Å². The molecule has 2 aromatic carbocycles. The molecule has 0 amide bonds. The standard InChI is InChI=1S/C28H31N7O/c29-28-27-25(15-23(35(27)31-19-30-28)8-4-5-12-33-13-11-24(36)18-33)21-9-10-22-17-34(32-26(22)14-21)16-20-6-2-1-3-7-20/h1-3,6-7,9-10,14-15,17,19,24,36H,4-5,8,11-13,16,18H2,(H2,29,30,31). The van der Waals surface area contributed by atoms with Crippen molar-refractivity contribution in [3.05, 3.63) is 78.4 Å². The second kappa shape index (κ2) is 9.72. The third kappa shape index (κ3) is 4.57. The summed E-state index contributed by atoms with van der Waals surface area (Å²) in [5.74, 6) is 0.479. The number of fused-ring (bicyclic) bond motifs is 2. The number of nitrogen functional groups attached to an aromatic ring is 1. The van der Waals surface area contributed by atoms with Crippen LogP contribution in [-0.4, -0.2) is 60.1 Å². The van der Waals surface area contributed by atoms with Crippen LogP contribution >= 0.6 is 0 Å². The van der Waals surface area contributed by atoms with Crippen LogP contribution in [-0.2, 0) is 13.0 Å². The fraction of sp³-hybridized carbons (Fsp3) is 0.321. The van der Waals surface area contributed by atoms with Gasteiger partial charge in [-0.05, 0) is 55.5 Å². The van der Waals surface area contributed by atoms with E-state index in [1.54, 1.807) is 0 Å². The summed E-state index contributed by atoms with van der Waals surface area (Å²) in [5, 5.41) is 20.2. The summed E-state index contributed by atoms with van der Waals surface area (Å²) in [6.45, 7) is 3.55. The molecule has 0 bridgehead atoms. The maximum Gasteiger partial charge on any atom is 0.151 e. The molecular weight excluding hydrogens is 450 g/mol. The van der Waals surface area contributed by atoms with Crippen molar-refractivity contribution >= 4 is 22.2 Å². The van der Waals surface area contributed by atoms with Gasteiger partial charge in [-0.2, -0.15) is 10.2 Å². The van der Waals surface area contributed by atoms with Gasteiger partial charge in [-0.1, -0.05) is 42.5 Å². The van der Waals surface area contributed by atoms with Gasteiger partial charge >= 0.3 is 0 Å². The molecule has 184 valence electrons. The average molecular weight is 482 g/mol. The molecule has 1 atom stereocenters. The number of nitrogens with two attached hydrogens (primary N) is 1. The summed E-state index contributed by atoms with van der Waals surface area (Å²) >= 11 is 0. The Morgan fingerprint density at radius 1 is 1.06 bits per heavy atom. The van der Waals surface area contributed by atoms with E-state index in [-0.39, 0.29) is 6.10 Å². The molecule has 0 aliphatic carbocycles. The summed E-state index contributed by atoms with van der Waals surface area (Å²) in [6.07, 6.45) is 7.37. The van der Waals surface area contributed by atoms with Crippen molar-refractivity contribution < 1.29 is 5.11 Å². The van der Waals surface area contributed by atoms with Gasteiger partial charge in [0.1, 0.15) is 11.8 Å². The highest BCUT2D eigenvalue weighted by molar-refractivity contribution is 5.92. The number of likely N-dealkylation sites (tertiary alicyclic amines) is 1. The van der Waals surface area contributed by atoms with Crippen molar-refractivity contribution in [2.45, 2.75) is 38.3 Å². The molecule has 5 aromatic rings. The van der Waals surface area contributed by atoms with Crippen molar-refractivity contribution in [1.29, 1.82) is 0 Å². The largest absolute Gasteiger partial charge is 0.392 e. The van der Waals surface area contributed by atoms with E-state index in [1.165, 1.54) is 11.9 Å². The summed E-state index contributed by atoms with van der Waals surface area (Å²) in [4.78, 5) is 6.62. The number of hydrogen-bond acceptors (Lipinski definition) is 6. The van der Waals surface area contributed by atoms with Gasteiger partial charge in [0.2, 0.25) is 0 Å². The Bertz CT molecular complexity index is 1490. The van der Waals surface area contributed by atoms with Crippen LogP contribution in [0, 0.1) is 0 Å². The van der Waals surface area contributed by atoms with E-state index in [4.69, 9.17) is 10.8 Å². The molecule has 36 heavy (non-hydrogen) atoms. The van der Waals surface area contributed by atoms with Gasteiger partial charge in [-0.15, -0.1) is 0 Å². The number of aliphatic hydroxyl groups excluding tert-OH is 1. The number of hydrogen-bond donors (Lipinski definition) is 2. The molecule has 1 fully saturated rings. The monoisotopic (exact) mass is 481 g/mol. The van der Waals surface area contributed by atoms with Crippen LogP contribution in [0.15, 0.2) is 67.1 Å². The van der Waals surface area contributed by atoms with E-state index in [9.17, 15) is 5.11 Å². The number of nitrogens with zero attached hydrogens (tertiary/aromatic N) is 6. The van der Waals surface area contributed by atoms with E-state index in [2.05, 4.69) is 69.7 Å². The van der Waals surface area contributed by atoms with Crippen molar-refractivity contribution in [2.75, 3.05) is 25.4 Å². The van der Waals surface area contributed by atoms with Gasteiger partial charge in [-0.3, -0.25) is 4.68 Å². The first-order valence-electron chi connectivity index (χ1n) is 12.7. The summed E-state index contributed by atoms with van der Waals surface area (Å²) in [5.41, 5.74) is 12.6. The number of unbranched alkanes of at least 4 members (excludes halogenated alkanes) is 1. The zero-order valence-electron chi connectivity index (χ0n) is 20.3. The first kappa shape index (κ1) is 22.7. The molecule has 3 N–H and O–H groups in total. The minimum absolute atomic E-state index is 0.163. The first-order valence-corrected chi connectivity index (χ1v) is 12.7. The number of aryl methyl sites for hydroxylation is 1. The van der Waals surface area contributed by atoms with Gasteiger partial charge in [0.25, 0.3) is 0 Å². The van der Waals surface area contributed by atoms with Gasteiger partial charge in [-0.25, -0.2) is 9.50 Å². The lowest BCUT2D eigenvalue weighted by molar-refractivity contribution is 0.176. The smallest absolute Gasteiger partial charge is 0.151 e. The maximum absolute atomic E-state index is 9.75. The van der Waals surface area contributed by atoms with Gasteiger partial charge < -0.3 is 15.7 Å². The van der Waals surface area contributed by atoms with Crippen LogP contribution < -0.4 is 5.73 Å². The van der Waals surface area contributed by atoms with Gasteiger partial charge in [0, 0.05) is 35.9 Å². The van der Waals surface area contributed by atoms with Crippen LogP contribution in [0.5, 0.6) is 0 Å². The molecule has 6 rings (SSSR count). The second-order valence-electron chi connectivity index (χ2n) is 9.74. The first-order chi connectivity index (χ1) is 17.6. The van der Waals surface area contributed by atoms with Crippen molar-refractivity contribution in [2.24, 2.45) is 0 Å². The lowest BCUT2D eigenvalue weighted by atomic mass is 10.0. The van der Waals surface area contributed by atoms with Crippen molar-refractivity contribution in [1.82, 2.24) is 29.3 Å². The Balaban J connectivity index is 1.25. The predicted molar refractivity (Wildman–Crippen MR) is 142 cm³/mol. The van der Waals surface area contributed by atoms with E-state index < -0.39 is 0 Å². The summed E-state index contributed by atoms with van der Waals surface area (Å²) in [7, 11) is 0. The van der Waals surface area contributed by atoms with Gasteiger partial charge in [0.15, 0.2) is 5.82 Å². The molecule has 0 radical (unpaired) electrons. The average Bonchev–Trinajstić information content (AvgIpc) is 3.59. The highest BCUT2D eigenvalue weighted by Crippen LogP contribution is 2.32. The predicted octanol–water partition coefficient (Wildman–Crippen LogP) is 3.77. The molecule has 8 nitrogen and oxygen atoms in total. The van der Waals surface area contributed by atoms with E-state index >= 15 is 0 Å². The fourth-order valence-corrected chi connectivity index (χ4v) is 5.27. The molecule has 8 heteroatoms. The molecule has 1 unspecified atom stereocenters. The number of anilines is 1. The van der Waals surface area contributed by atoms with Crippen LogP contribution in [0.25, 0.3) is 27.5 Å². The number of β-amino-alcohol motifs (C(OH)–C–C–N with tert-alkyl or cyclic N) is 1. The van der Waals surface area contributed by atoms with Crippen molar-refractivity contribution in [3.8, 4) is 11.1 Å². The number of aliphatic hydroxyl groups is 1. The van der Waals surface area contributed by atoms with E-state index in [1.807, 2.05) is 15.3 Å². The molecule has 3 aromatic heterocycles. The van der Waals surface area contributed by atoms with Crippen molar-refractivity contribution in [3.63, 3.8) is 0 Å². The Morgan fingerprint density at radius 3 is 2.78 bits per heavy atom. The van der Waals surface area contributed by atoms with Crippen LogP contribution in [0.4, 0.5) is 5.82 Å². The quantitative estimate of drug-likeness (QED) is 0.328. The normalized spacial score (nSPS) is 16.4. The van der Waals surface area contributed by atoms with Crippen LogP contribution in [0.3, 0.4) is 0 Å². The summed E-state index contributed by atoms with van der Waals surface area (Å²) in [6, 6.07) is 18.9. The minimum Gasteiger partial charge on any atom is -0.392 e. The highest BCUT2D eigenvalue weighted by atomic mass is 16.3. The second-order valence-corrected chi connectivity index (χ2v) is 9.74. The molecule has 1 aliphatic heterocycles. The third-order valence-corrected chi connectivity index (χ3v) is 7.11. The summed E-state index contributed by atoms with van der Waals surface area (Å²) < 4.78 is 3.93. The van der Waals surface area contributed by atoms with Gasteiger partial charge in [0.05, 0.1) is 18.2 Å². The maximum atomic E-state index is 9.75. The zero-order valence-corrected chi connectivity index (χ0v) is 20.3. The number of benzene rings is 2. The molecule has 4 heterocycles. The lowest BCUT2D eigenvalue weighted by Crippen LogP contribution is -2.23. The number of aromatic nitrogens is 5. The topological polar surface area (TPSA) is 97.5 Å². The zero-order chi connectivity index (χ0) is 24.5. The molecule has 1 saturated heterocycles. The Kier molecular flexibility index (Phi) is 6.13. The molecule has 0 spiro atoms. The Labute approximate surface area is 210 Å². The molecular formula is C28H31N7O. The molecule has 1 aliphatic rings. The van der Waals surface area contributed by atoms with Crippen LogP contribution in [0.1, 0.15) is 30.5 Å². The highest BCUT2D eigenvalue weighted by Gasteiger charge is 2.20. The minimum atomic E-state index is -0.163. The third-order valence-electron chi connectivity index (χ3n) is 7.11. The number of rotatable bonds is 8. The fourth-order valence-electron chi connectivity index (χ4n) is 5.27. The SMILES string of the molecule is Nc1ncnn2c(CCCCN3CCC(O)C3)cc(-c3ccc4cn(Cc5ccccc5)nc4c3)c12. The lowest BCUT2D eigenvalue weighted by Gasteiger charge is -2.14. The van der Waals surface area contributed by atoms with Crippen LogP contribution in [0.2, 0.25) is 0 Å². The molecule has 0 saturated carbocycles. The Morgan fingerprint density at radius 2 is 1.94 bits per heavy atom. The Hall–Kier alpha value is -3.75. The van der Waals surface area contributed by atoms with E-state index in [0.29, 0.717) is 5.82 Å².